The van der Waals surface area contributed by atoms with Crippen molar-refractivity contribution in [2.24, 2.45) is 0 Å². The molecule has 1 atom stereocenters. The number of aliphatic hydroxyl groups is 1. The molecule has 1 unspecified atom stereocenters. The van der Waals surface area contributed by atoms with Crippen molar-refractivity contribution in [2.45, 2.75) is 12.2 Å². The second-order valence-electron chi connectivity index (χ2n) is 2.16. The molecule has 0 radical (unpaired) electrons. The first kappa shape index (κ1) is 6.90. The fourth-order valence-corrected chi connectivity index (χ4v) is 2.21. The van der Waals surface area contributed by atoms with E-state index in [1.54, 1.807) is 0 Å². The third-order valence-corrected chi connectivity index (χ3v) is 3.61. The van der Waals surface area contributed by atoms with E-state index < -0.39 is 0 Å². The third kappa shape index (κ3) is 1.60. The fraction of sp³-hybridized carbons (Fsp3) is 0.429. The van der Waals surface area contributed by atoms with Crippen molar-refractivity contribution < 1.29 is 5.11 Å². The number of aliphatic hydroxyl groups excluding tert-OH is 1. The Labute approximate surface area is 58.4 Å². The molecule has 1 aliphatic rings. The quantitative estimate of drug-likeness (QED) is 0.561. The van der Waals surface area contributed by atoms with Crippen LogP contribution in [0.25, 0.3) is 0 Å². The van der Waals surface area contributed by atoms with Gasteiger partial charge in [0.25, 0.3) is 0 Å². The van der Waals surface area contributed by atoms with Crippen molar-refractivity contribution in [3.05, 3.63) is 23.0 Å². The van der Waals surface area contributed by atoms with Crippen LogP contribution in [-0.4, -0.2) is 17.0 Å². The minimum absolute atomic E-state index is 0.118. The van der Waals surface area contributed by atoms with Gasteiger partial charge in [0.2, 0.25) is 0 Å². The second-order valence-corrected chi connectivity index (χ2v) is 4.53. The van der Waals surface area contributed by atoms with Gasteiger partial charge in [0.05, 0.1) is 6.61 Å². The van der Waals surface area contributed by atoms with Gasteiger partial charge in [-0.1, -0.05) is 19.1 Å². The molecule has 0 spiro atoms. The van der Waals surface area contributed by atoms with Crippen molar-refractivity contribution in [1.29, 1.82) is 0 Å². The molecule has 0 aromatic rings. The van der Waals surface area contributed by atoms with Crippen molar-refractivity contribution in [1.82, 2.24) is 0 Å². The van der Waals surface area contributed by atoms with Crippen LogP contribution in [0.4, 0.5) is 0 Å². The van der Waals surface area contributed by atoms with Gasteiger partial charge in [-0.15, -0.1) is 0 Å². The zero-order valence-corrected chi connectivity index (χ0v) is 6.38. The average Bonchev–Trinajstić information content (AvgIpc) is 2.37. The Bertz CT molecular complexity index is 128. The highest BCUT2D eigenvalue weighted by molar-refractivity contribution is 8.22. The topological polar surface area (TPSA) is 20.2 Å². The molecule has 2 heteroatoms. The van der Waals surface area contributed by atoms with Crippen molar-refractivity contribution >= 4 is 10.9 Å². The lowest BCUT2D eigenvalue weighted by Gasteiger charge is -2.15. The maximum absolute atomic E-state index is 8.74. The van der Waals surface area contributed by atoms with E-state index in [0.29, 0.717) is 11.9 Å². The van der Waals surface area contributed by atoms with Crippen molar-refractivity contribution in [3.8, 4) is 0 Å². The minimum Gasteiger partial charge on any atom is -0.395 e. The van der Waals surface area contributed by atoms with Crippen LogP contribution in [-0.2, 0) is 0 Å². The largest absolute Gasteiger partial charge is 0.395 e. The normalized spacial score (nSPS) is 23.1. The van der Waals surface area contributed by atoms with E-state index in [4.69, 9.17) is 5.11 Å². The molecule has 0 bridgehead atoms. The first-order valence-electron chi connectivity index (χ1n) is 3.08. The average molecular weight is 144 g/mol. The Balaban J connectivity index is 2.43. The summed E-state index contributed by atoms with van der Waals surface area (Å²) in [6, 6.07) is 0. The summed E-state index contributed by atoms with van der Waals surface area (Å²) < 4.78 is 0. The highest BCUT2D eigenvalue weighted by Crippen LogP contribution is 2.37. The number of rotatable bonds is 2. The second kappa shape index (κ2) is 3.08. The van der Waals surface area contributed by atoms with Gasteiger partial charge in [0, 0.05) is 5.25 Å². The van der Waals surface area contributed by atoms with Gasteiger partial charge >= 0.3 is 0 Å². The van der Waals surface area contributed by atoms with E-state index in [9.17, 15) is 0 Å². The van der Waals surface area contributed by atoms with Crippen LogP contribution >= 0.6 is 10.9 Å². The van der Waals surface area contributed by atoms with Gasteiger partial charge in [-0.2, -0.15) is 0 Å². The number of allylic oxidation sites excluding steroid dienone is 2. The summed E-state index contributed by atoms with van der Waals surface area (Å²) in [6.45, 7) is 2.38. The number of hydrogen-bond acceptors (Lipinski definition) is 1. The molecule has 1 aliphatic heterocycles. The van der Waals surface area contributed by atoms with Crippen LogP contribution in [0.3, 0.4) is 0 Å². The summed E-state index contributed by atoms with van der Waals surface area (Å²) >= 11 is 0. The van der Waals surface area contributed by atoms with Crippen LogP contribution in [0, 0.1) is 0 Å². The lowest BCUT2D eigenvalue weighted by Crippen LogP contribution is -2.04. The number of thiol groups is 1. The van der Waals surface area contributed by atoms with Crippen LogP contribution < -0.4 is 0 Å². The Morgan fingerprint density at radius 3 is 2.44 bits per heavy atom. The summed E-state index contributed by atoms with van der Waals surface area (Å²) in [5.74, 6) is 0. The maximum Gasteiger partial charge on any atom is 0.0536 e. The molecule has 0 aromatic carbocycles. The summed E-state index contributed by atoms with van der Waals surface area (Å²) in [5, 5.41) is 13.5. The molecule has 0 saturated carbocycles. The molecule has 1 rings (SSSR count). The zero-order valence-electron chi connectivity index (χ0n) is 5.49. The van der Waals surface area contributed by atoms with E-state index in [2.05, 4.69) is 29.9 Å². The Morgan fingerprint density at radius 2 is 2.00 bits per heavy atom. The molecule has 0 amide bonds. The van der Waals surface area contributed by atoms with E-state index in [-0.39, 0.29) is 10.9 Å². The van der Waals surface area contributed by atoms with Crippen LogP contribution in [0.2, 0.25) is 0 Å². The molecular formula is C7H12OS. The van der Waals surface area contributed by atoms with Gasteiger partial charge in [-0.05, 0) is 10.8 Å². The van der Waals surface area contributed by atoms with E-state index in [1.165, 1.54) is 0 Å². The molecule has 0 aliphatic carbocycles. The molecule has 0 aromatic heterocycles. The fourth-order valence-electron chi connectivity index (χ4n) is 0.736. The standard InChI is InChI=1S/C7H12OS/c1-7(6-8)9-4-2-3-5-9/h2-5,7-9H,6H2,1H3. The van der Waals surface area contributed by atoms with Gasteiger partial charge in [0.1, 0.15) is 0 Å². The highest BCUT2D eigenvalue weighted by Gasteiger charge is 2.06. The van der Waals surface area contributed by atoms with E-state index >= 15 is 0 Å². The molecule has 0 saturated heterocycles. The summed E-state index contributed by atoms with van der Waals surface area (Å²) in [6.07, 6.45) is 4.11. The number of hydrogen-bond donors (Lipinski definition) is 2. The molecule has 0 fully saturated rings. The Morgan fingerprint density at radius 1 is 1.44 bits per heavy atom. The van der Waals surface area contributed by atoms with Crippen LogP contribution in [0.5, 0.6) is 0 Å². The lowest BCUT2D eigenvalue weighted by molar-refractivity contribution is 0.300. The van der Waals surface area contributed by atoms with Gasteiger partial charge in [0.15, 0.2) is 0 Å². The molecule has 1 heterocycles. The van der Waals surface area contributed by atoms with Crippen LogP contribution in [0.15, 0.2) is 23.0 Å². The van der Waals surface area contributed by atoms with Crippen LogP contribution in [0.1, 0.15) is 6.92 Å². The lowest BCUT2D eigenvalue weighted by atomic mass is 10.5. The Kier molecular flexibility index (Phi) is 2.37. The summed E-state index contributed by atoms with van der Waals surface area (Å²) in [4.78, 5) is 0. The monoisotopic (exact) mass is 144 g/mol. The molecule has 1 N–H and O–H groups in total. The predicted molar refractivity (Wildman–Crippen MR) is 43.8 cm³/mol. The SMILES string of the molecule is CC(CO)[SH]1C=CC=C1. The first-order chi connectivity index (χ1) is 4.34. The molecule has 52 valence electrons. The smallest absolute Gasteiger partial charge is 0.0536 e. The van der Waals surface area contributed by atoms with Crippen molar-refractivity contribution in [2.75, 3.05) is 6.61 Å². The van der Waals surface area contributed by atoms with Gasteiger partial charge in [-0.3, -0.25) is 0 Å². The summed E-state index contributed by atoms with van der Waals surface area (Å²) in [7, 11) is -0.118. The van der Waals surface area contributed by atoms with Crippen molar-refractivity contribution in [3.63, 3.8) is 0 Å². The minimum atomic E-state index is -0.118. The highest BCUT2D eigenvalue weighted by atomic mass is 32.2. The van der Waals surface area contributed by atoms with Gasteiger partial charge < -0.3 is 5.11 Å². The third-order valence-electron chi connectivity index (χ3n) is 1.40. The molecular weight excluding hydrogens is 132 g/mol. The van der Waals surface area contributed by atoms with E-state index in [1.807, 2.05) is 0 Å². The van der Waals surface area contributed by atoms with Gasteiger partial charge in [-0.25, -0.2) is 10.9 Å². The predicted octanol–water partition coefficient (Wildman–Crippen LogP) is 1.41. The molecule has 1 nitrogen and oxygen atoms in total. The Hall–Kier alpha value is -0.210. The first-order valence-corrected chi connectivity index (χ1v) is 4.63. The zero-order chi connectivity index (χ0) is 6.69. The maximum atomic E-state index is 8.74. The van der Waals surface area contributed by atoms with E-state index in [0.717, 1.165) is 0 Å². The molecule has 9 heavy (non-hydrogen) atoms. The summed E-state index contributed by atoms with van der Waals surface area (Å²) in [5.41, 5.74) is 0.